The van der Waals surface area contributed by atoms with E-state index in [2.05, 4.69) is 15.6 Å². The number of ether oxygens (including phenoxy) is 1. The molecule has 0 radical (unpaired) electrons. The van der Waals surface area contributed by atoms with Crippen LogP contribution in [0.3, 0.4) is 0 Å². The van der Waals surface area contributed by atoms with Gasteiger partial charge in [-0.25, -0.2) is 4.98 Å². The third-order valence-electron chi connectivity index (χ3n) is 3.78. The number of anilines is 3. The molecule has 0 aliphatic heterocycles. The molecule has 0 saturated carbocycles. The number of nitrogens with one attached hydrogen (secondary N) is 2. The highest BCUT2D eigenvalue weighted by molar-refractivity contribution is 5.79. The van der Waals surface area contributed by atoms with Gasteiger partial charge in [-0.15, -0.1) is 0 Å². The normalized spacial score (nSPS) is 11.9. The fourth-order valence-corrected chi connectivity index (χ4v) is 2.43. The Hall–Kier alpha value is -3.15. The molecule has 1 heterocycles. The second-order valence-electron chi connectivity index (χ2n) is 5.40. The minimum atomic E-state index is -0.534. The van der Waals surface area contributed by atoms with Gasteiger partial charge < -0.3 is 15.4 Å². The second kappa shape index (κ2) is 6.54. The molecule has 1 atom stereocenters. The maximum Gasteiger partial charge on any atom is 0.253 e. The molecule has 3 aromatic rings. The van der Waals surface area contributed by atoms with Crippen LogP contribution in [0.2, 0.25) is 0 Å². The average molecular weight is 323 g/mol. The van der Waals surface area contributed by atoms with Gasteiger partial charge in [0.1, 0.15) is 11.4 Å². The summed E-state index contributed by atoms with van der Waals surface area (Å²) in [6.45, 7) is 1.94. The Kier molecular flexibility index (Phi) is 4.29. The van der Waals surface area contributed by atoms with Crippen LogP contribution in [-0.4, -0.2) is 12.1 Å². The van der Waals surface area contributed by atoms with Gasteiger partial charge >= 0.3 is 0 Å². The summed E-state index contributed by atoms with van der Waals surface area (Å²) in [7, 11) is 1.51. The molecule has 0 amide bonds. The van der Waals surface area contributed by atoms with Crippen molar-refractivity contribution in [3.63, 3.8) is 0 Å². The summed E-state index contributed by atoms with van der Waals surface area (Å²) in [6, 6.07) is 13.0. The predicted octanol–water partition coefficient (Wildman–Crippen LogP) is 2.60. The molecule has 24 heavy (non-hydrogen) atoms. The van der Waals surface area contributed by atoms with Crippen LogP contribution in [0.15, 0.2) is 58.3 Å². The first-order valence-corrected chi connectivity index (χ1v) is 7.52. The van der Waals surface area contributed by atoms with Crippen molar-refractivity contribution in [2.45, 2.75) is 13.0 Å². The van der Waals surface area contributed by atoms with Crippen molar-refractivity contribution in [2.75, 3.05) is 17.7 Å². The minimum absolute atomic E-state index is 0.0953. The molecule has 0 fully saturated rings. The van der Waals surface area contributed by atoms with Crippen molar-refractivity contribution < 1.29 is 4.74 Å². The highest BCUT2D eigenvalue weighted by Gasteiger charge is 2.22. The van der Waals surface area contributed by atoms with Crippen LogP contribution in [0.1, 0.15) is 18.5 Å². The average Bonchev–Trinajstić information content (AvgIpc) is 2.64. The topological polar surface area (TPSA) is 80.3 Å². The number of rotatable bonds is 6. The first-order chi connectivity index (χ1) is 11.6. The van der Waals surface area contributed by atoms with E-state index in [0.29, 0.717) is 17.3 Å². The molecule has 0 saturated heterocycles. The van der Waals surface area contributed by atoms with E-state index in [1.165, 1.54) is 7.11 Å². The number of benzene rings is 1. The summed E-state index contributed by atoms with van der Waals surface area (Å²) in [4.78, 5) is 27.8. The van der Waals surface area contributed by atoms with E-state index >= 15 is 0 Å². The fourth-order valence-electron chi connectivity index (χ4n) is 2.43. The molecular weight excluding hydrogens is 306 g/mol. The summed E-state index contributed by atoms with van der Waals surface area (Å²) < 4.78 is 5.05. The van der Waals surface area contributed by atoms with Crippen molar-refractivity contribution in [2.24, 2.45) is 0 Å². The Labute approximate surface area is 138 Å². The number of nitrogens with zero attached hydrogens (tertiary/aromatic N) is 1. The van der Waals surface area contributed by atoms with Crippen LogP contribution < -0.4 is 26.2 Å². The molecule has 6 heteroatoms. The van der Waals surface area contributed by atoms with Gasteiger partial charge in [0, 0.05) is 24.0 Å². The molecule has 0 aliphatic carbocycles. The van der Waals surface area contributed by atoms with E-state index in [-0.39, 0.29) is 11.7 Å². The smallest absolute Gasteiger partial charge is 0.253 e. The molecule has 2 aromatic carbocycles. The third-order valence-corrected chi connectivity index (χ3v) is 3.78. The Balaban J connectivity index is 1.82. The first-order valence-electron chi connectivity index (χ1n) is 7.52. The summed E-state index contributed by atoms with van der Waals surface area (Å²) in [5.74, 6) is 0.422. The van der Waals surface area contributed by atoms with Gasteiger partial charge in [0.05, 0.1) is 7.11 Å². The summed E-state index contributed by atoms with van der Waals surface area (Å²) >= 11 is 0. The summed E-state index contributed by atoms with van der Waals surface area (Å²) in [5.41, 5.74) is 1.17. The molecule has 0 aliphatic rings. The lowest BCUT2D eigenvalue weighted by Gasteiger charge is -2.20. The molecule has 122 valence electrons. The number of aromatic nitrogens is 1. The lowest BCUT2D eigenvalue weighted by Crippen LogP contribution is -2.37. The van der Waals surface area contributed by atoms with E-state index in [4.69, 9.17) is 4.74 Å². The predicted molar refractivity (Wildman–Crippen MR) is 93.9 cm³/mol. The fraction of sp³-hybridized carbons (Fsp3) is 0.167. The zero-order valence-electron chi connectivity index (χ0n) is 13.4. The molecular formula is C18H17N3O3. The molecule has 1 aromatic heterocycles. The van der Waals surface area contributed by atoms with Crippen molar-refractivity contribution in [1.82, 2.24) is 4.98 Å². The van der Waals surface area contributed by atoms with Gasteiger partial charge in [-0.2, -0.15) is 0 Å². The monoisotopic (exact) mass is 323 g/mol. The maximum atomic E-state index is 11.9. The highest BCUT2D eigenvalue weighted by atomic mass is 16.5. The third kappa shape index (κ3) is 2.99. The van der Waals surface area contributed by atoms with E-state index in [1.54, 1.807) is 18.3 Å². The lowest BCUT2D eigenvalue weighted by atomic mass is 10.1. The molecule has 6 nitrogen and oxygen atoms in total. The van der Waals surface area contributed by atoms with E-state index < -0.39 is 10.9 Å². The van der Waals surface area contributed by atoms with Gasteiger partial charge in [-0.05, 0) is 18.6 Å². The molecule has 0 bridgehead atoms. The zero-order chi connectivity index (χ0) is 17.1. The molecule has 0 spiro atoms. The van der Waals surface area contributed by atoms with E-state index in [1.807, 2.05) is 37.3 Å². The highest BCUT2D eigenvalue weighted by Crippen LogP contribution is 2.25. The molecule has 0 unspecified atom stereocenters. The van der Waals surface area contributed by atoms with Gasteiger partial charge in [-0.1, -0.05) is 30.3 Å². The summed E-state index contributed by atoms with van der Waals surface area (Å²) in [5, 5.41) is 6.08. The van der Waals surface area contributed by atoms with E-state index in [0.717, 1.165) is 5.56 Å². The Morgan fingerprint density at radius 1 is 1.04 bits per heavy atom. The van der Waals surface area contributed by atoms with Gasteiger partial charge in [0.2, 0.25) is 5.88 Å². The van der Waals surface area contributed by atoms with Crippen LogP contribution in [0.5, 0.6) is 5.88 Å². The second-order valence-corrected chi connectivity index (χ2v) is 5.40. The van der Waals surface area contributed by atoms with Crippen molar-refractivity contribution >= 4 is 17.1 Å². The van der Waals surface area contributed by atoms with Gasteiger partial charge in [0.25, 0.3) is 10.9 Å². The number of hydrogen-bond acceptors (Lipinski definition) is 6. The maximum absolute atomic E-state index is 11.9. The molecule has 2 N–H and O–H groups in total. The Morgan fingerprint density at radius 2 is 1.75 bits per heavy atom. The van der Waals surface area contributed by atoms with Gasteiger partial charge in [-0.3, -0.25) is 9.59 Å². The Bertz CT molecular complexity index is 915. The largest absolute Gasteiger partial charge is 0.481 e. The van der Waals surface area contributed by atoms with E-state index in [9.17, 15) is 9.59 Å². The zero-order valence-corrected chi connectivity index (χ0v) is 13.4. The van der Waals surface area contributed by atoms with Crippen LogP contribution in [0.4, 0.5) is 17.1 Å². The molecule has 3 rings (SSSR count). The Morgan fingerprint density at radius 3 is 2.46 bits per heavy atom. The van der Waals surface area contributed by atoms with Gasteiger partial charge in [0.15, 0.2) is 0 Å². The van der Waals surface area contributed by atoms with Crippen molar-refractivity contribution in [3.05, 3.63) is 74.7 Å². The first kappa shape index (κ1) is 15.7. The van der Waals surface area contributed by atoms with Crippen LogP contribution in [0, 0.1) is 0 Å². The van der Waals surface area contributed by atoms with Crippen LogP contribution >= 0.6 is 0 Å². The van der Waals surface area contributed by atoms with Crippen molar-refractivity contribution in [1.29, 1.82) is 0 Å². The minimum Gasteiger partial charge on any atom is -0.481 e. The lowest BCUT2D eigenvalue weighted by molar-refractivity contribution is 0.398. The number of hydrogen-bond donors (Lipinski definition) is 2. The number of methoxy groups -OCH3 is 1. The standard InChI is InChI=1S/C18H17N3O3/c1-11(12-6-4-3-5-7-12)20-15-16(18(23)17(15)22)21-13-8-9-19-14(10-13)24-2/h3-11,20H,1-2H3,(H,19,21)/t11-/m1/s1. The SMILES string of the molecule is COc1cc(Nc2c(N[C@H](C)c3ccccc3)c(=O)c2=O)ccn1. The summed E-state index contributed by atoms with van der Waals surface area (Å²) in [6.07, 6.45) is 1.56. The number of pyridine rings is 1. The van der Waals surface area contributed by atoms with Crippen molar-refractivity contribution in [3.8, 4) is 5.88 Å². The van der Waals surface area contributed by atoms with Crippen LogP contribution in [0.25, 0.3) is 0 Å². The quantitative estimate of drug-likeness (QED) is 0.679. The van der Waals surface area contributed by atoms with Crippen LogP contribution in [-0.2, 0) is 0 Å².